The highest BCUT2D eigenvalue weighted by molar-refractivity contribution is 6.58. The van der Waals surface area contributed by atoms with Gasteiger partial charge in [-0.15, -0.1) is 0 Å². The van der Waals surface area contributed by atoms with Crippen molar-refractivity contribution in [2.24, 2.45) is 5.92 Å². The third-order valence-corrected chi connectivity index (χ3v) is 4.09. The minimum Gasteiger partial charge on any atom is -0.423 e. The van der Waals surface area contributed by atoms with Crippen molar-refractivity contribution in [2.45, 2.75) is 51.4 Å². The molecule has 0 radical (unpaired) electrons. The predicted molar refractivity (Wildman–Crippen MR) is 75.8 cm³/mol. The number of aryl methyl sites for hydroxylation is 1. The molecule has 1 aromatic rings. The first-order chi connectivity index (χ1) is 8.75. The molecule has 0 aliphatic heterocycles. The second kappa shape index (κ2) is 6.96. The lowest BCUT2D eigenvalue weighted by Gasteiger charge is -2.13. The van der Waals surface area contributed by atoms with Crippen LogP contribution < -0.4 is 5.46 Å². The smallest absolute Gasteiger partial charge is 0.423 e. The van der Waals surface area contributed by atoms with Crippen molar-refractivity contribution in [2.75, 3.05) is 0 Å². The monoisotopic (exact) mass is 246 g/mol. The van der Waals surface area contributed by atoms with Gasteiger partial charge in [-0.3, -0.25) is 0 Å². The molecule has 1 aliphatic rings. The molecule has 0 aromatic heterocycles. The van der Waals surface area contributed by atoms with Crippen molar-refractivity contribution in [3.05, 3.63) is 29.8 Å². The quantitative estimate of drug-likeness (QED) is 0.632. The Morgan fingerprint density at radius 1 is 0.944 bits per heavy atom. The third-order valence-electron chi connectivity index (χ3n) is 4.09. The lowest BCUT2D eigenvalue weighted by Crippen LogP contribution is -2.29. The summed E-state index contributed by atoms with van der Waals surface area (Å²) in [6.45, 7) is 0. The molecular weight excluding hydrogens is 223 g/mol. The molecule has 3 heteroatoms. The van der Waals surface area contributed by atoms with Crippen LogP contribution in [0.5, 0.6) is 0 Å². The van der Waals surface area contributed by atoms with Gasteiger partial charge in [0.1, 0.15) is 0 Å². The minimum absolute atomic E-state index is 0.577. The summed E-state index contributed by atoms with van der Waals surface area (Å²) in [6.07, 6.45) is 10.8. The van der Waals surface area contributed by atoms with E-state index in [1.54, 1.807) is 0 Å². The van der Waals surface area contributed by atoms with Crippen LogP contribution in [-0.2, 0) is 6.42 Å². The largest absolute Gasteiger partial charge is 0.488 e. The molecule has 0 heterocycles. The summed E-state index contributed by atoms with van der Waals surface area (Å²) < 4.78 is 0. The van der Waals surface area contributed by atoms with E-state index in [1.807, 2.05) is 24.3 Å². The van der Waals surface area contributed by atoms with Crippen LogP contribution in [0.1, 0.15) is 50.5 Å². The van der Waals surface area contributed by atoms with Gasteiger partial charge in [0.2, 0.25) is 0 Å². The number of hydrogen-bond acceptors (Lipinski definition) is 2. The maximum atomic E-state index is 9.04. The van der Waals surface area contributed by atoms with E-state index in [9.17, 15) is 0 Å². The molecule has 0 amide bonds. The summed E-state index contributed by atoms with van der Waals surface area (Å²) in [7, 11) is -1.35. The van der Waals surface area contributed by atoms with Crippen molar-refractivity contribution in [1.29, 1.82) is 0 Å². The van der Waals surface area contributed by atoms with Crippen LogP contribution >= 0.6 is 0 Å². The standard InChI is InChI=1S/C15H23BO2/c17-16(18)15-11-9-14(10-12-15)8-7-13-5-3-1-2-4-6-13/h9-13,17-18H,1-8H2. The van der Waals surface area contributed by atoms with Gasteiger partial charge in [-0.05, 0) is 29.8 Å². The van der Waals surface area contributed by atoms with Crippen molar-refractivity contribution in [3.63, 3.8) is 0 Å². The topological polar surface area (TPSA) is 40.5 Å². The van der Waals surface area contributed by atoms with E-state index in [4.69, 9.17) is 10.0 Å². The highest BCUT2D eigenvalue weighted by Crippen LogP contribution is 2.26. The van der Waals surface area contributed by atoms with E-state index in [0.717, 1.165) is 12.3 Å². The Kier molecular flexibility index (Phi) is 5.27. The molecule has 1 aliphatic carbocycles. The summed E-state index contributed by atoms with van der Waals surface area (Å²) >= 11 is 0. The zero-order chi connectivity index (χ0) is 12.8. The third kappa shape index (κ3) is 4.15. The summed E-state index contributed by atoms with van der Waals surface area (Å²) in [5.74, 6) is 0.899. The summed E-state index contributed by atoms with van der Waals surface area (Å²) in [5.41, 5.74) is 1.89. The molecular formula is C15H23BO2. The molecule has 1 aromatic carbocycles. The second-order valence-corrected chi connectivity index (χ2v) is 5.51. The van der Waals surface area contributed by atoms with Crippen LogP contribution in [0.3, 0.4) is 0 Å². The molecule has 0 spiro atoms. The van der Waals surface area contributed by atoms with Gasteiger partial charge in [0, 0.05) is 0 Å². The first kappa shape index (κ1) is 13.6. The number of hydrogen-bond donors (Lipinski definition) is 2. The molecule has 98 valence electrons. The summed E-state index contributed by atoms with van der Waals surface area (Å²) in [5, 5.41) is 18.1. The maximum absolute atomic E-state index is 9.04. The van der Waals surface area contributed by atoms with E-state index >= 15 is 0 Å². The average Bonchev–Trinajstić information content (AvgIpc) is 2.65. The van der Waals surface area contributed by atoms with Gasteiger partial charge in [-0.1, -0.05) is 62.8 Å². The molecule has 2 rings (SSSR count). The lowest BCUT2D eigenvalue weighted by molar-refractivity contribution is 0.425. The first-order valence-electron chi connectivity index (χ1n) is 7.20. The average molecular weight is 246 g/mol. The van der Waals surface area contributed by atoms with Crippen LogP contribution in [0.15, 0.2) is 24.3 Å². The van der Waals surface area contributed by atoms with E-state index in [-0.39, 0.29) is 0 Å². The second-order valence-electron chi connectivity index (χ2n) is 5.51. The Morgan fingerprint density at radius 3 is 2.11 bits per heavy atom. The Bertz CT molecular complexity index is 340. The molecule has 18 heavy (non-hydrogen) atoms. The van der Waals surface area contributed by atoms with Crippen LogP contribution in [0, 0.1) is 5.92 Å². The molecule has 0 bridgehead atoms. The zero-order valence-electron chi connectivity index (χ0n) is 11.0. The van der Waals surface area contributed by atoms with Crippen LogP contribution in [-0.4, -0.2) is 17.2 Å². The van der Waals surface area contributed by atoms with Crippen molar-refractivity contribution in [3.8, 4) is 0 Å². The fraction of sp³-hybridized carbons (Fsp3) is 0.600. The van der Waals surface area contributed by atoms with Crippen LogP contribution in [0.4, 0.5) is 0 Å². The normalized spacial score (nSPS) is 17.4. The van der Waals surface area contributed by atoms with Crippen molar-refractivity contribution >= 4 is 12.6 Å². The van der Waals surface area contributed by atoms with E-state index < -0.39 is 7.12 Å². The Hall–Kier alpha value is -0.795. The van der Waals surface area contributed by atoms with E-state index in [0.29, 0.717) is 5.46 Å². The van der Waals surface area contributed by atoms with E-state index in [2.05, 4.69) is 0 Å². The summed E-state index contributed by atoms with van der Waals surface area (Å²) in [6, 6.07) is 7.66. The lowest BCUT2D eigenvalue weighted by atomic mass is 9.80. The van der Waals surface area contributed by atoms with Crippen molar-refractivity contribution < 1.29 is 10.0 Å². The molecule has 1 fully saturated rings. The SMILES string of the molecule is OB(O)c1ccc(CCC2CCCCCC2)cc1. The maximum Gasteiger partial charge on any atom is 0.488 e. The Balaban J connectivity index is 1.81. The zero-order valence-corrected chi connectivity index (χ0v) is 11.0. The fourth-order valence-electron chi connectivity index (χ4n) is 2.88. The minimum atomic E-state index is -1.35. The van der Waals surface area contributed by atoms with Gasteiger partial charge in [0.15, 0.2) is 0 Å². The van der Waals surface area contributed by atoms with Gasteiger partial charge in [-0.2, -0.15) is 0 Å². The van der Waals surface area contributed by atoms with Crippen LogP contribution in [0.25, 0.3) is 0 Å². The molecule has 0 saturated heterocycles. The molecule has 0 atom stereocenters. The van der Waals surface area contributed by atoms with Gasteiger partial charge < -0.3 is 10.0 Å². The number of rotatable bonds is 4. The van der Waals surface area contributed by atoms with Gasteiger partial charge in [-0.25, -0.2) is 0 Å². The predicted octanol–water partition coefficient (Wildman–Crippen LogP) is 2.27. The van der Waals surface area contributed by atoms with Gasteiger partial charge >= 0.3 is 7.12 Å². The van der Waals surface area contributed by atoms with Gasteiger partial charge in [0.25, 0.3) is 0 Å². The molecule has 2 nitrogen and oxygen atoms in total. The Labute approximate surface area is 110 Å². The van der Waals surface area contributed by atoms with Crippen molar-refractivity contribution in [1.82, 2.24) is 0 Å². The molecule has 0 unspecified atom stereocenters. The van der Waals surface area contributed by atoms with Crippen LogP contribution in [0.2, 0.25) is 0 Å². The first-order valence-corrected chi connectivity index (χ1v) is 7.20. The highest BCUT2D eigenvalue weighted by Gasteiger charge is 2.13. The summed E-state index contributed by atoms with van der Waals surface area (Å²) in [4.78, 5) is 0. The molecule has 2 N–H and O–H groups in total. The fourth-order valence-corrected chi connectivity index (χ4v) is 2.88. The highest BCUT2D eigenvalue weighted by atomic mass is 16.4. The van der Waals surface area contributed by atoms with Gasteiger partial charge in [0.05, 0.1) is 0 Å². The number of benzene rings is 1. The molecule has 1 saturated carbocycles. The van der Waals surface area contributed by atoms with E-state index in [1.165, 1.54) is 50.5 Å². The Morgan fingerprint density at radius 2 is 1.56 bits per heavy atom.